The average molecular weight is 262 g/mol. The molecule has 0 aliphatic carbocycles. The number of benzene rings is 3. The van der Waals surface area contributed by atoms with Crippen LogP contribution < -0.4 is 11.5 Å². The van der Waals surface area contributed by atoms with Crippen LogP contribution in [0.15, 0.2) is 60.7 Å². The van der Waals surface area contributed by atoms with E-state index < -0.39 is 0 Å². The predicted octanol–water partition coefficient (Wildman–Crippen LogP) is 3.78. The molecule has 0 saturated carbocycles. The molecular weight excluding hydrogens is 244 g/mol. The summed E-state index contributed by atoms with van der Waals surface area (Å²) in [4.78, 5) is 0. The molecule has 1 atom stereocenters. The van der Waals surface area contributed by atoms with E-state index in [1.807, 2.05) is 24.3 Å². The highest BCUT2D eigenvalue weighted by molar-refractivity contribution is 5.84. The van der Waals surface area contributed by atoms with Crippen molar-refractivity contribution in [2.45, 2.75) is 13.0 Å². The number of hydrogen-bond acceptors (Lipinski definition) is 2. The molecule has 3 aromatic carbocycles. The lowest BCUT2D eigenvalue weighted by Crippen LogP contribution is -2.12. The van der Waals surface area contributed by atoms with E-state index in [1.54, 1.807) is 0 Å². The monoisotopic (exact) mass is 262 g/mol. The number of rotatable bonds is 2. The summed E-state index contributed by atoms with van der Waals surface area (Å²) in [6, 6.07) is 20.4. The van der Waals surface area contributed by atoms with E-state index in [0.29, 0.717) is 0 Å². The van der Waals surface area contributed by atoms with Gasteiger partial charge in [-0.05, 0) is 47.0 Å². The van der Waals surface area contributed by atoms with Crippen LogP contribution in [0.1, 0.15) is 22.7 Å². The second-order valence-electron chi connectivity index (χ2n) is 5.26. The Hall–Kier alpha value is -2.32. The quantitative estimate of drug-likeness (QED) is 0.690. The maximum Gasteiger partial charge on any atom is 0.0552 e. The molecule has 0 aliphatic heterocycles. The van der Waals surface area contributed by atoms with Gasteiger partial charge in [0.2, 0.25) is 0 Å². The van der Waals surface area contributed by atoms with Crippen LogP contribution in [0.3, 0.4) is 0 Å². The molecule has 0 bridgehead atoms. The number of nitrogens with two attached hydrogens (primary N) is 2. The molecule has 20 heavy (non-hydrogen) atoms. The Labute approximate surface area is 119 Å². The summed E-state index contributed by atoms with van der Waals surface area (Å²) in [5.74, 6) is 0. The van der Waals surface area contributed by atoms with Crippen LogP contribution in [-0.2, 0) is 0 Å². The van der Waals surface area contributed by atoms with Crippen molar-refractivity contribution in [3.8, 4) is 0 Å². The lowest BCUT2D eigenvalue weighted by molar-refractivity contribution is 0.874. The molecule has 0 aromatic heterocycles. The molecule has 0 radical (unpaired) electrons. The number of fused-ring (bicyclic) bond motifs is 1. The summed E-state index contributed by atoms with van der Waals surface area (Å²) in [7, 11) is 0. The maximum atomic E-state index is 6.35. The van der Waals surface area contributed by atoms with Crippen LogP contribution in [0, 0.1) is 6.92 Å². The van der Waals surface area contributed by atoms with Crippen LogP contribution in [-0.4, -0.2) is 0 Å². The van der Waals surface area contributed by atoms with Crippen LogP contribution in [0.5, 0.6) is 0 Å². The minimum absolute atomic E-state index is 0.149. The first-order chi connectivity index (χ1) is 9.63. The Morgan fingerprint density at radius 1 is 0.800 bits per heavy atom. The summed E-state index contributed by atoms with van der Waals surface area (Å²) < 4.78 is 0. The molecule has 100 valence electrons. The van der Waals surface area contributed by atoms with Gasteiger partial charge in [0.1, 0.15) is 0 Å². The van der Waals surface area contributed by atoms with Crippen molar-refractivity contribution in [3.63, 3.8) is 0 Å². The predicted molar refractivity (Wildman–Crippen MR) is 85.6 cm³/mol. The van der Waals surface area contributed by atoms with Gasteiger partial charge in [-0.2, -0.15) is 0 Å². The summed E-state index contributed by atoms with van der Waals surface area (Å²) in [5, 5.41) is 2.46. The first kappa shape index (κ1) is 12.7. The van der Waals surface area contributed by atoms with Crippen molar-refractivity contribution in [1.29, 1.82) is 0 Å². The number of nitrogen functional groups attached to an aromatic ring is 1. The van der Waals surface area contributed by atoms with E-state index in [4.69, 9.17) is 11.5 Å². The second-order valence-corrected chi connectivity index (χ2v) is 5.26. The van der Waals surface area contributed by atoms with Gasteiger partial charge in [0.25, 0.3) is 0 Å². The Morgan fingerprint density at radius 2 is 1.50 bits per heavy atom. The van der Waals surface area contributed by atoms with E-state index in [1.165, 1.54) is 16.3 Å². The van der Waals surface area contributed by atoms with E-state index in [0.717, 1.165) is 16.8 Å². The van der Waals surface area contributed by atoms with Gasteiger partial charge in [-0.1, -0.05) is 48.0 Å². The van der Waals surface area contributed by atoms with E-state index in [2.05, 4.69) is 43.3 Å². The molecule has 0 amide bonds. The standard InChI is InChI=1S/C18H18N2/c1-12-5-6-14-10-16(8-7-13(14)9-12)18(20)15-3-2-4-17(19)11-15/h2-11,18H,19-20H2,1H3. The maximum absolute atomic E-state index is 6.35. The third-order valence-corrected chi connectivity index (χ3v) is 3.65. The highest BCUT2D eigenvalue weighted by Crippen LogP contribution is 2.25. The largest absolute Gasteiger partial charge is 0.399 e. The average Bonchev–Trinajstić information content (AvgIpc) is 2.46. The fourth-order valence-corrected chi connectivity index (χ4v) is 2.52. The number of hydrogen-bond donors (Lipinski definition) is 2. The first-order valence-corrected chi connectivity index (χ1v) is 6.75. The van der Waals surface area contributed by atoms with E-state index in [9.17, 15) is 0 Å². The van der Waals surface area contributed by atoms with Crippen molar-refractivity contribution in [1.82, 2.24) is 0 Å². The molecule has 4 N–H and O–H groups in total. The lowest BCUT2D eigenvalue weighted by Gasteiger charge is -2.14. The third kappa shape index (κ3) is 2.38. The summed E-state index contributed by atoms with van der Waals surface area (Å²) in [5.41, 5.74) is 16.3. The zero-order valence-electron chi connectivity index (χ0n) is 11.5. The number of aryl methyl sites for hydroxylation is 1. The minimum Gasteiger partial charge on any atom is -0.399 e. The van der Waals surface area contributed by atoms with E-state index >= 15 is 0 Å². The molecule has 1 unspecified atom stereocenters. The van der Waals surface area contributed by atoms with Gasteiger partial charge in [0, 0.05) is 5.69 Å². The first-order valence-electron chi connectivity index (χ1n) is 6.75. The van der Waals surface area contributed by atoms with Crippen molar-refractivity contribution in [3.05, 3.63) is 77.4 Å². The van der Waals surface area contributed by atoms with Gasteiger partial charge in [0.05, 0.1) is 6.04 Å². The van der Waals surface area contributed by atoms with Gasteiger partial charge in [-0.25, -0.2) is 0 Å². The molecule has 2 nitrogen and oxygen atoms in total. The zero-order chi connectivity index (χ0) is 14.1. The van der Waals surface area contributed by atoms with Crippen molar-refractivity contribution in [2.75, 3.05) is 5.73 Å². The Balaban J connectivity index is 2.03. The van der Waals surface area contributed by atoms with Crippen LogP contribution in [0.2, 0.25) is 0 Å². The molecule has 0 spiro atoms. The highest BCUT2D eigenvalue weighted by Gasteiger charge is 2.09. The molecule has 0 aliphatic rings. The summed E-state index contributed by atoms with van der Waals surface area (Å²) >= 11 is 0. The molecule has 2 heteroatoms. The molecule has 0 saturated heterocycles. The van der Waals surface area contributed by atoms with Crippen molar-refractivity contribution < 1.29 is 0 Å². The Bertz CT molecular complexity index is 762. The van der Waals surface area contributed by atoms with Gasteiger partial charge in [-0.15, -0.1) is 0 Å². The molecule has 3 aromatic rings. The highest BCUT2D eigenvalue weighted by atomic mass is 14.6. The normalized spacial score (nSPS) is 12.5. The Morgan fingerprint density at radius 3 is 2.30 bits per heavy atom. The fraction of sp³-hybridized carbons (Fsp3) is 0.111. The zero-order valence-corrected chi connectivity index (χ0v) is 11.5. The van der Waals surface area contributed by atoms with Gasteiger partial charge >= 0.3 is 0 Å². The van der Waals surface area contributed by atoms with Crippen LogP contribution in [0.4, 0.5) is 5.69 Å². The fourth-order valence-electron chi connectivity index (χ4n) is 2.52. The van der Waals surface area contributed by atoms with Gasteiger partial charge in [0.15, 0.2) is 0 Å². The molecule has 0 fully saturated rings. The second kappa shape index (κ2) is 4.99. The van der Waals surface area contributed by atoms with Crippen LogP contribution >= 0.6 is 0 Å². The van der Waals surface area contributed by atoms with Gasteiger partial charge in [-0.3, -0.25) is 0 Å². The summed E-state index contributed by atoms with van der Waals surface area (Å²) in [6.07, 6.45) is 0. The number of anilines is 1. The smallest absolute Gasteiger partial charge is 0.0552 e. The minimum atomic E-state index is -0.149. The topological polar surface area (TPSA) is 52.0 Å². The van der Waals surface area contributed by atoms with Crippen LogP contribution in [0.25, 0.3) is 10.8 Å². The molecule has 0 heterocycles. The van der Waals surface area contributed by atoms with Crippen molar-refractivity contribution >= 4 is 16.5 Å². The van der Waals surface area contributed by atoms with Crippen molar-refractivity contribution in [2.24, 2.45) is 5.73 Å². The lowest BCUT2D eigenvalue weighted by atomic mass is 9.96. The SMILES string of the molecule is Cc1ccc2cc(C(N)c3cccc(N)c3)ccc2c1. The summed E-state index contributed by atoms with van der Waals surface area (Å²) in [6.45, 7) is 2.10. The Kier molecular flexibility index (Phi) is 3.17. The molecule has 3 rings (SSSR count). The third-order valence-electron chi connectivity index (χ3n) is 3.65. The van der Waals surface area contributed by atoms with Gasteiger partial charge < -0.3 is 11.5 Å². The van der Waals surface area contributed by atoms with E-state index in [-0.39, 0.29) is 6.04 Å². The molecular formula is C18H18N2.